The molecule has 0 fully saturated rings. The Labute approximate surface area is 118 Å². The minimum atomic E-state index is -0.844. The highest BCUT2D eigenvalue weighted by Crippen LogP contribution is 2.23. The number of carbonyl (C=O) groups is 1. The Morgan fingerprint density at radius 2 is 2.15 bits per heavy atom. The van der Waals surface area contributed by atoms with Crippen LogP contribution >= 0.6 is 0 Å². The van der Waals surface area contributed by atoms with Gasteiger partial charge >= 0.3 is 5.97 Å². The molecule has 1 aliphatic rings. The summed E-state index contributed by atoms with van der Waals surface area (Å²) >= 11 is 0. The molecule has 0 radical (unpaired) electrons. The molecule has 0 saturated carbocycles. The van der Waals surface area contributed by atoms with Gasteiger partial charge in [-0.2, -0.15) is 0 Å². The Kier molecular flexibility index (Phi) is 5.11. The van der Waals surface area contributed by atoms with E-state index in [1.165, 1.54) is 0 Å². The minimum absolute atomic E-state index is 0.237. The second kappa shape index (κ2) is 6.83. The summed E-state index contributed by atoms with van der Waals surface area (Å²) in [5.41, 5.74) is 2.21. The molecule has 110 valence electrons. The largest absolute Gasteiger partial charge is 0.480 e. The van der Waals surface area contributed by atoms with E-state index in [9.17, 15) is 15.0 Å². The molecule has 0 bridgehead atoms. The average molecular weight is 279 g/mol. The Morgan fingerprint density at radius 1 is 1.45 bits per heavy atom. The summed E-state index contributed by atoms with van der Waals surface area (Å²) < 4.78 is 5.18. The van der Waals surface area contributed by atoms with Crippen molar-refractivity contribution in [3.8, 4) is 0 Å². The van der Waals surface area contributed by atoms with E-state index < -0.39 is 18.1 Å². The summed E-state index contributed by atoms with van der Waals surface area (Å²) in [5.74, 6) is -0.844. The molecule has 0 amide bonds. The van der Waals surface area contributed by atoms with Crippen LogP contribution in [-0.4, -0.2) is 53.0 Å². The number of β-amino-alcohol motifs (C(OH)–C–C–N with tert-alkyl or cyclic N) is 1. The first-order valence-corrected chi connectivity index (χ1v) is 6.91. The van der Waals surface area contributed by atoms with E-state index in [1.807, 2.05) is 36.1 Å². The minimum Gasteiger partial charge on any atom is -0.480 e. The normalized spacial score (nSPS) is 20.4. The zero-order chi connectivity index (χ0) is 14.5. The maximum atomic E-state index is 11.4. The predicted molar refractivity (Wildman–Crippen MR) is 74.5 cm³/mol. The molecule has 1 unspecified atom stereocenters. The van der Waals surface area contributed by atoms with Crippen LogP contribution in [-0.2, 0) is 22.5 Å². The van der Waals surface area contributed by atoms with Crippen LogP contribution in [0.5, 0.6) is 0 Å². The third-order valence-corrected chi connectivity index (χ3v) is 3.59. The van der Waals surface area contributed by atoms with Crippen molar-refractivity contribution in [2.75, 3.05) is 19.8 Å². The van der Waals surface area contributed by atoms with Crippen molar-refractivity contribution in [3.63, 3.8) is 0 Å². The van der Waals surface area contributed by atoms with Crippen LogP contribution < -0.4 is 0 Å². The fraction of sp³-hybridized carbons (Fsp3) is 0.533. The monoisotopic (exact) mass is 279 g/mol. The van der Waals surface area contributed by atoms with E-state index in [0.717, 1.165) is 11.1 Å². The molecule has 0 spiro atoms. The molecule has 1 aromatic carbocycles. The molecule has 5 heteroatoms. The number of benzene rings is 1. The van der Waals surface area contributed by atoms with Gasteiger partial charge in [-0.3, -0.25) is 9.69 Å². The van der Waals surface area contributed by atoms with Gasteiger partial charge in [-0.1, -0.05) is 24.3 Å². The molecule has 2 N–H and O–H groups in total. The van der Waals surface area contributed by atoms with Gasteiger partial charge in [0, 0.05) is 19.7 Å². The van der Waals surface area contributed by atoms with Gasteiger partial charge in [0.25, 0.3) is 0 Å². The zero-order valence-electron chi connectivity index (χ0n) is 11.7. The molecule has 1 aromatic rings. The van der Waals surface area contributed by atoms with Crippen molar-refractivity contribution in [2.45, 2.75) is 32.0 Å². The SMILES string of the molecule is CCOCC(O)CN1Cc2ccccc2C[C@H]1C(=O)O. The molecule has 0 aliphatic carbocycles. The lowest BCUT2D eigenvalue weighted by atomic mass is 9.94. The van der Waals surface area contributed by atoms with Crippen molar-refractivity contribution >= 4 is 5.97 Å². The summed E-state index contributed by atoms with van der Waals surface area (Å²) in [4.78, 5) is 13.2. The standard InChI is InChI=1S/C15H21NO4/c1-2-20-10-13(17)9-16-8-12-6-4-3-5-11(12)7-14(16)15(18)19/h3-6,13-14,17H,2,7-10H2,1H3,(H,18,19)/t13?,14-/m0/s1. The summed E-state index contributed by atoms with van der Waals surface area (Å²) in [6.07, 6.45) is -0.186. The van der Waals surface area contributed by atoms with Crippen LogP contribution in [0.3, 0.4) is 0 Å². The van der Waals surface area contributed by atoms with Crippen LogP contribution in [0.25, 0.3) is 0 Å². The fourth-order valence-corrected chi connectivity index (χ4v) is 2.59. The van der Waals surface area contributed by atoms with Crippen LogP contribution in [0, 0.1) is 0 Å². The highest BCUT2D eigenvalue weighted by molar-refractivity contribution is 5.74. The molecule has 1 aliphatic heterocycles. The molecule has 20 heavy (non-hydrogen) atoms. The summed E-state index contributed by atoms with van der Waals surface area (Å²) in [5, 5.41) is 19.3. The van der Waals surface area contributed by atoms with Gasteiger partial charge in [-0.05, 0) is 24.5 Å². The summed E-state index contributed by atoms with van der Waals surface area (Å²) in [6, 6.07) is 7.28. The summed E-state index contributed by atoms with van der Waals surface area (Å²) in [7, 11) is 0. The molecular weight excluding hydrogens is 258 g/mol. The van der Waals surface area contributed by atoms with E-state index in [4.69, 9.17) is 4.74 Å². The van der Waals surface area contributed by atoms with Crippen LogP contribution in [0.2, 0.25) is 0 Å². The Morgan fingerprint density at radius 3 is 2.80 bits per heavy atom. The lowest BCUT2D eigenvalue weighted by molar-refractivity contribution is -0.144. The zero-order valence-corrected chi connectivity index (χ0v) is 11.7. The number of carboxylic acid groups (broad SMARTS) is 1. The van der Waals surface area contributed by atoms with Crippen LogP contribution in [0.4, 0.5) is 0 Å². The number of aliphatic hydroxyl groups is 1. The van der Waals surface area contributed by atoms with Crippen molar-refractivity contribution in [1.82, 2.24) is 4.90 Å². The number of ether oxygens (including phenoxy) is 1. The molecule has 0 aromatic heterocycles. The predicted octanol–water partition coefficient (Wildman–Crippen LogP) is 0.895. The van der Waals surface area contributed by atoms with Crippen LogP contribution in [0.15, 0.2) is 24.3 Å². The first-order valence-electron chi connectivity index (χ1n) is 6.91. The lowest BCUT2D eigenvalue weighted by Gasteiger charge is -2.35. The quantitative estimate of drug-likeness (QED) is 0.809. The van der Waals surface area contributed by atoms with E-state index in [2.05, 4.69) is 0 Å². The number of fused-ring (bicyclic) bond motifs is 1. The first-order chi connectivity index (χ1) is 9.61. The second-order valence-electron chi connectivity index (χ2n) is 5.07. The van der Waals surface area contributed by atoms with E-state index in [1.54, 1.807) is 0 Å². The summed E-state index contributed by atoms with van der Waals surface area (Å²) in [6.45, 7) is 3.51. The van der Waals surface area contributed by atoms with Crippen molar-refractivity contribution in [1.29, 1.82) is 0 Å². The molecule has 0 saturated heterocycles. The highest BCUT2D eigenvalue weighted by Gasteiger charge is 2.32. The highest BCUT2D eigenvalue weighted by atomic mass is 16.5. The Bertz CT molecular complexity index is 463. The Hall–Kier alpha value is -1.43. The molecule has 1 heterocycles. The number of nitrogens with zero attached hydrogens (tertiary/aromatic N) is 1. The maximum absolute atomic E-state index is 11.4. The smallest absolute Gasteiger partial charge is 0.321 e. The fourth-order valence-electron chi connectivity index (χ4n) is 2.59. The lowest BCUT2D eigenvalue weighted by Crippen LogP contribution is -2.49. The molecule has 2 rings (SSSR count). The number of carboxylic acids is 1. The topological polar surface area (TPSA) is 70.0 Å². The Balaban J connectivity index is 2.08. The number of aliphatic hydroxyl groups excluding tert-OH is 1. The van der Waals surface area contributed by atoms with Gasteiger partial charge in [-0.15, -0.1) is 0 Å². The number of hydrogen-bond acceptors (Lipinski definition) is 4. The third kappa shape index (κ3) is 3.56. The van der Waals surface area contributed by atoms with Crippen molar-refractivity contribution in [3.05, 3.63) is 35.4 Å². The van der Waals surface area contributed by atoms with Crippen LogP contribution in [0.1, 0.15) is 18.1 Å². The second-order valence-corrected chi connectivity index (χ2v) is 5.07. The van der Waals surface area contributed by atoms with Gasteiger partial charge in [-0.25, -0.2) is 0 Å². The number of aliphatic carboxylic acids is 1. The van der Waals surface area contributed by atoms with Gasteiger partial charge in [0.2, 0.25) is 0 Å². The van der Waals surface area contributed by atoms with E-state index in [-0.39, 0.29) is 6.61 Å². The van der Waals surface area contributed by atoms with Crippen molar-refractivity contribution < 1.29 is 19.7 Å². The van der Waals surface area contributed by atoms with E-state index in [0.29, 0.717) is 26.1 Å². The molecular formula is C15H21NO4. The third-order valence-electron chi connectivity index (χ3n) is 3.59. The van der Waals surface area contributed by atoms with Gasteiger partial charge in [0.05, 0.1) is 12.7 Å². The number of hydrogen-bond donors (Lipinski definition) is 2. The van der Waals surface area contributed by atoms with Gasteiger partial charge < -0.3 is 14.9 Å². The van der Waals surface area contributed by atoms with Crippen molar-refractivity contribution in [2.24, 2.45) is 0 Å². The average Bonchev–Trinajstić information content (AvgIpc) is 2.44. The first kappa shape index (κ1) is 15.0. The van der Waals surface area contributed by atoms with Gasteiger partial charge in [0.15, 0.2) is 0 Å². The van der Waals surface area contributed by atoms with E-state index >= 15 is 0 Å². The maximum Gasteiger partial charge on any atom is 0.321 e. The molecule has 5 nitrogen and oxygen atoms in total. The number of rotatable bonds is 6. The van der Waals surface area contributed by atoms with Gasteiger partial charge in [0.1, 0.15) is 6.04 Å². The molecule has 2 atom stereocenters.